The first kappa shape index (κ1) is 23.8. The van der Waals surface area contributed by atoms with E-state index in [0.717, 1.165) is 41.7 Å². The highest BCUT2D eigenvalue weighted by molar-refractivity contribution is 5.41. The summed E-state index contributed by atoms with van der Waals surface area (Å²) in [5, 5.41) is 19.5. The maximum absolute atomic E-state index is 12.8. The van der Waals surface area contributed by atoms with Gasteiger partial charge in [0.2, 0.25) is 0 Å². The Morgan fingerprint density at radius 3 is 2.26 bits per heavy atom. The van der Waals surface area contributed by atoms with E-state index in [4.69, 9.17) is 4.74 Å². The smallest absolute Gasteiger partial charge is 0.394 e. The Kier molecular flexibility index (Phi) is 7.78. The molecule has 2 N–H and O–H groups in total. The lowest BCUT2D eigenvalue weighted by atomic mass is 9.90. The zero-order valence-corrected chi connectivity index (χ0v) is 18.0. The van der Waals surface area contributed by atoms with Crippen LogP contribution in [0.15, 0.2) is 42.5 Å². The second-order valence-electron chi connectivity index (χ2n) is 8.16. The van der Waals surface area contributed by atoms with Gasteiger partial charge in [-0.3, -0.25) is 0 Å². The lowest BCUT2D eigenvalue weighted by Crippen LogP contribution is -2.33. The molecular weight excluding hydrogens is 405 g/mol. The molecule has 1 heterocycles. The second-order valence-corrected chi connectivity index (χ2v) is 8.16. The van der Waals surface area contributed by atoms with Crippen molar-refractivity contribution in [2.75, 3.05) is 6.61 Å². The molecule has 0 unspecified atom stereocenters. The molecule has 2 aromatic carbocycles. The molecule has 0 spiro atoms. The molecule has 1 saturated heterocycles. The Balaban J connectivity index is 0.00000132. The highest BCUT2D eigenvalue weighted by atomic mass is 19.4. The fraction of sp³-hybridized carbons (Fsp3) is 0.520. The number of ether oxygens (including phenoxy) is 1. The topological polar surface area (TPSA) is 49.7 Å². The molecule has 1 aliphatic carbocycles. The minimum Gasteiger partial charge on any atom is -0.394 e. The van der Waals surface area contributed by atoms with Gasteiger partial charge < -0.3 is 14.9 Å². The molecule has 2 fully saturated rings. The van der Waals surface area contributed by atoms with E-state index in [1.807, 2.05) is 19.9 Å². The van der Waals surface area contributed by atoms with Crippen LogP contribution in [-0.4, -0.2) is 29.0 Å². The minimum atomic E-state index is -4.33. The number of aliphatic hydroxyl groups is 2. The van der Waals surface area contributed by atoms with Crippen LogP contribution in [0.3, 0.4) is 0 Å². The van der Waals surface area contributed by atoms with E-state index in [9.17, 15) is 23.4 Å². The van der Waals surface area contributed by atoms with E-state index >= 15 is 0 Å². The first-order valence-electron chi connectivity index (χ1n) is 11.1. The van der Waals surface area contributed by atoms with Gasteiger partial charge in [-0.25, -0.2) is 0 Å². The number of alkyl halides is 3. The Morgan fingerprint density at radius 2 is 1.68 bits per heavy atom. The molecule has 3 nitrogen and oxygen atoms in total. The molecule has 31 heavy (non-hydrogen) atoms. The quantitative estimate of drug-likeness (QED) is 0.625. The van der Waals surface area contributed by atoms with Crippen LogP contribution in [0, 0.1) is 0 Å². The summed E-state index contributed by atoms with van der Waals surface area (Å²) in [4.78, 5) is 0. The first-order valence-corrected chi connectivity index (χ1v) is 11.1. The standard InChI is InChI=1S/C23H25F3O3.C2H6/c24-23(25,26)18-6-1-14(2-7-18)9-17-10-16(5-8-21(17)15-3-4-15)22-12-19(28)11-20(13-27)29-22;1-2/h1-2,5-8,10,15,19-20,22,27-28H,3-4,9,11-13H2;1-2H3/t19-,20-,22+;/m0./s1. The molecule has 4 rings (SSSR count). The van der Waals surface area contributed by atoms with Crippen LogP contribution in [0.1, 0.15) is 79.4 Å². The number of halogens is 3. The molecule has 1 aliphatic heterocycles. The lowest BCUT2D eigenvalue weighted by Gasteiger charge is -2.33. The Hall–Kier alpha value is -1.89. The summed E-state index contributed by atoms with van der Waals surface area (Å²) in [5.74, 6) is 0.511. The van der Waals surface area contributed by atoms with Crippen molar-refractivity contribution in [2.45, 2.75) is 76.4 Å². The number of aliphatic hydroxyl groups excluding tert-OH is 2. The van der Waals surface area contributed by atoms with Gasteiger partial charge in [-0.1, -0.05) is 44.2 Å². The van der Waals surface area contributed by atoms with Crippen LogP contribution in [0.25, 0.3) is 0 Å². The summed E-state index contributed by atoms with van der Waals surface area (Å²) in [7, 11) is 0. The van der Waals surface area contributed by atoms with Gasteiger partial charge >= 0.3 is 6.18 Å². The summed E-state index contributed by atoms with van der Waals surface area (Å²) in [6.07, 6.45) is -1.83. The number of hydrogen-bond acceptors (Lipinski definition) is 3. The molecule has 0 amide bonds. The van der Waals surface area contributed by atoms with E-state index in [-0.39, 0.29) is 18.8 Å². The average molecular weight is 437 g/mol. The van der Waals surface area contributed by atoms with E-state index in [1.54, 1.807) is 0 Å². The Labute approximate surface area is 181 Å². The van der Waals surface area contributed by atoms with Gasteiger partial charge in [0.15, 0.2) is 0 Å². The van der Waals surface area contributed by atoms with Crippen molar-refractivity contribution in [1.82, 2.24) is 0 Å². The molecular formula is C25H31F3O3. The third-order valence-electron chi connectivity index (χ3n) is 5.81. The van der Waals surface area contributed by atoms with Gasteiger partial charge in [-0.05, 0) is 59.6 Å². The molecule has 0 aromatic heterocycles. The predicted octanol–water partition coefficient (Wildman–Crippen LogP) is 5.77. The SMILES string of the molecule is CC.OC[C@@H]1C[C@H](O)C[C@H](c2ccc(C3CC3)c(Cc3ccc(C(F)(F)F)cc3)c2)O1. The van der Waals surface area contributed by atoms with E-state index in [1.165, 1.54) is 17.7 Å². The summed E-state index contributed by atoms with van der Waals surface area (Å²) in [5.41, 5.74) is 3.46. The van der Waals surface area contributed by atoms with Gasteiger partial charge in [-0.2, -0.15) is 13.2 Å². The number of benzene rings is 2. The van der Waals surface area contributed by atoms with Crippen LogP contribution in [-0.2, 0) is 17.3 Å². The monoisotopic (exact) mass is 436 g/mol. The van der Waals surface area contributed by atoms with Crippen LogP contribution < -0.4 is 0 Å². The van der Waals surface area contributed by atoms with E-state index in [2.05, 4.69) is 12.1 Å². The summed E-state index contributed by atoms with van der Waals surface area (Å²) >= 11 is 0. The second kappa shape index (κ2) is 10.2. The molecule has 2 aromatic rings. The van der Waals surface area contributed by atoms with Crippen LogP contribution in [0.5, 0.6) is 0 Å². The van der Waals surface area contributed by atoms with Crippen molar-refractivity contribution >= 4 is 0 Å². The van der Waals surface area contributed by atoms with Crippen molar-refractivity contribution in [3.05, 3.63) is 70.3 Å². The molecule has 1 saturated carbocycles. The first-order chi connectivity index (χ1) is 14.8. The minimum absolute atomic E-state index is 0.133. The molecule has 0 radical (unpaired) electrons. The van der Waals surface area contributed by atoms with Gasteiger partial charge in [0.1, 0.15) is 0 Å². The zero-order chi connectivity index (χ0) is 22.6. The fourth-order valence-electron chi connectivity index (χ4n) is 4.13. The maximum atomic E-state index is 12.8. The van der Waals surface area contributed by atoms with Gasteiger partial charge in [0.05, 0.1) is 30.5 Å². The third kappa shape index (κ3) is 6.09. The Morgan fingerprint density at radius 1 is 1.00 bits per heavy atom. The van der Waals surface area contributed by atoms with Crippen molar-refractivity contribution in [2.24, 2.45) is 0 Å². The van der Waals surface area contributed by atoms with Crippen molar-refractivity contribution < 1.29 is 28.1 Å². The summed E-state index contributed by atoms with van der Waals surface area (Å²) in [6.45, 7) is 3.87. The zero-order valence-electron chi connectivity index (χ0n) is 18.0. The average Bonchev–Trinajstić information content (AvgIpc) is 3.60. The summed E-state index contributed by atoms with van der Waals surface area (Å²) < 4.78 is 44.4. The molecule has 0 bridgehead atoms. The van der Waals surface area contributed by atoms with Crippen LogP contribution >= 0.6 is 0 Å². The molecule has 3 atom stereocenters. The van der Waals surface area contributed by atoms with Gasteiger partial charge in [0, 0.05) is 12.8 Å². The molecule has 170 valence electrons. The van der Waals surface area contributed by atoms with E-state index in [0.29, 0.717) is 25.2 Å². The molecule has 6 heteroatoms. The molecule has 2 aliphatic rings. The van der Waals surface area contributed by atoms with Crippen molar-refractivity contribution in [3.8, 4) is 0 Å². The number of rotatable bonds is 5. The van der Waals surface area contributed by atoms with E-state index < -0.39 is 17.8 Å². The maximum Gasteiger partial charge on any atom is 0.416 e. The predicted molar refractivity (Wildman–Crippen MR) is 114 cm³/mol. The van der Waals surface area contributed by atoms with Crippen molar-refractivity contribution in [3.63, 3.8) is 0 Å². The van der Waals surface area contributed by atoms with Crippen LogP contribution in [0.4, 0.5) is 13.2 Å². The lowest BCUT2D eigenvalue weighted by molar-refractivity contribution is -0.137. The third-order valence-corrected chi connectivity index (χ3v) is 5.81. The largest absolute Gasteiger partial charge is 0.416 e. The highest BCUT2D eigenvalue weighted by Gasteiger charge is 2.32. The Bertz CT molecular complexity index is 844. The van der Waals surface area contributed by atoms with Gasteiger partial charge in [0.25, 0.3) is 0 Å². The highest BCUT2D eigenvalue weighted by Crippen LogP contribution is 2.43. The summed E-state index contributed by atoms with van der Waals surface area (Å²) in [6, 6.07) is 11.5. The van der Waals surface area contributed by atoms with Crippen molar-refractivity contribution in [1.29, 1.82) is 0 Å². The number of hydrogen-bond donors (Lipinski definition) is 2. The van der Waals surface area contributed by atoms with Crippen LogP contribution in [0.2, 0.25) is 0 Å². The normalized spacial score (nSPS) is 23.8. The van der Waals surface area contributed by atoms with Gasteiger partial charge in [-0.15, -0.1) is 0 Å². The fourth-order valence-corrected chi connectivity index (χ4v) is 4.13.